The molecule has 156 valence electrons. The summed E-state index contributed by atoms with van der Waals surface area (Å²) in [6.45, 7) is 7.90. The SMILES string of the molecule is COc1ccc(CN2CCC[C@H](N3CCN(c4ccc(OC)cc4)CC3)C2)cc1. The molecule has 2 saturated heterocycles. The van der Waals surface area contributed by atoms with Crippen molar-refractivity contribution < 1.29 is 9.47 Å². The van der Waals surface area contributed by atoms with Crippen LogP contribution < -0.4 is 14.4 Å². The van der Waals surface area contributed by atoms with Gasteiger partial charge in [-0.3, -0.25) is 9.80 Å². The average Bonchev–Trinajstić information content (AvgIpc) is 2.80. The van der Waals surface area contributed by atoms with Crippen LogP contribution in [0.2, 0.25) is 0 Å². The van der Waals surface area contributed by atoms with Gasteiger partial charge in [0.2, 0.25) is 0 Å². The third-order valence-corrected chi connectivity index (χ3v) is 6.31. The van der Waals surface area contributed by atoms with Crippen LogP contribution in [-0.4, -0.2) is 69.3 Å². The van der Waals surface area contributed by atoms with Crippen molar-refractivity contribution in [2.45, 2.75) is 25.4 Å². The van der Waals surface area contributed by atoms with E-state index in [0.29, 0.717) is 6.04 Å². The number of likely N-dealkylation sites (tertiary alicyclic amines) is 1. The average molecular weight is 396 g/mol. The van der Waals surface area contributed by atoms with Crippen LogP contribution in [0.4, 0.5) is 5.69 Å². The monoisotopic (exact) mass is 395 g/mol. The van der Waals surface area contributed by atoms with Gasteiger partial charge in [0.15, 0.2) is 0 Å². The summed E-state index contributed by atoms with van der Waals surface area (Å²) in [4.78, 5) is 7.82. The van der Waals surface area contributed by atoms with Gasteiger partial charge in [-0.15, -0.1) is 0 Å². The number of piperazine rings is 1. The van der Waals surface area contributed by atoms with Crippen molar-refractivity contribution in [3.05, 3.63) is 54.1 Å². The van der Waals surface area contributed by atoms with Gasteiger partial charge in [0.25, 0.3) is 0 Å². The Morgan fingerprint density at radius 2 is 1.41 bits per heavy atom. The molecule has 2 heterocycles. The lowest BCUT2D eigenvalue weighted by Gasteiger charge is -2.44. The minimum absolute atomic E-state index is 0.681. The lowest BCUT2D eigenvalue weighted by Crippen LogP contribution is -2.55. The van der Waals surface area contributed by atoms with E-state index in [4.69, 9.17) is 9.47 Å². The topological polar surface area (TPSA) is 28.2 Å². The highest BCUT2D eigenvalue weighted by molar-refractivity contribution is 5.49. The fourth-order valence-corrected chi connectivity index (χ4v) is 4.60. The van der Waals surface area contributed by atoms with Gasteiger partial charge >= 0.3 is 0 Å². The van der Waals surface area contributed by atoms with E-state index in [1.165, 1.54) is 37.2 Å². The minimum atomic E-state index is 0.681. The summed E-state index contributed by atoms with van der Waals surface area (Å²) in [5.41, 5.74) is 2.67. The first-order valence-electron chi connectivity index (χ1n) is 10.7. The Morgan fingerprint density at radius 1 is 0.793 bits per heavy atom. The van der Waals surface area contributed by atoms with Crippen molar-refractivity contribution in [1.29, 1.82) is 0 Å². The lowest BCUT2D eigenvalue weighted by molar-refractivity contribution is 0.0887. The van der Waals surface area contributed by atoms with Crippen LogP contribution in [0.5, 0.6) is 11.5 Å². The molecule has 5 heteroatoms. The van der Waals surface area contributed by atoms with Gasteiger partial charge in [-0.2, -0.15) is 0 Å². The molecule has 0 saturated carbocycles. The van der Waals surface area contributed by atoms with E-state index in [9.17, 15) is 0 Å². The molecule has 0 N–H and O–H groups in total. The Bertz CT molecular complexity index is 755. The summed E-state index contributed by atoms with van der Waals surface area (Å²) < 4.78 is 10.6. The quantitative estimate of drug-likeness (QED) is 0.747. The van der Waals surface area contributed by atoms with Crippen molar-refractivity contribution >= 4 is 5.69 Å². The molecular weight excluding hydrogens is 362 g/mol. The smallest absolute Gasteiger partial charge is 0.119 e. The Balaban J connectivity index is 1.28. The molecule has 2 aliphatic rings. The Morgan fingerprint density at radius 3 is 2.03 bits per heavy atom. The van der Waals surface area contributed by atoms with Gasteiger partial charge in [-0.05, 0) is 61.3 Å². The molecular formula is C24H33N3O2. The number of piperidine rings is 1. The summed E-state index contributed by atoms with van der Waals surface area (Å²) in [6.07, 6.45) is 2.61. The minimum Gasteiger partial charge on any atom is -0.497 e. The Labute approximate surface area is 174 Å². The molecule has 0 aromatic heterocycles. The van der Waals surface area contributed by atoms with Gasteiger partial charge in [-0.1, -0.05) is 12.1 Å². The van der Waals surface area contributed by atoms with Crippen LogP contribution in [0.25, 0.3) is 0 Å². The summed E-state index contributed by atoms with van der Waals surface area (Å²) >= 11 is 0. The van der Waals surface area contributed by atoms with Crippen molar-refractivity contribution in [3.63, 3.8) is 0 Å². The van der Waals surface area contributed by atoms with Gasteiger partial charge in [0.1, 0.15) is 11.5 Å². The fraction of sp³-hybridized carbons (Fsp3) is 0.500. The predicted octanol–water partition coefficient (Wildman–Crippen LogP) is 3.49. The fourth-order valence-electron chi connectivity index (χ4n) is 4.60. The first-order chi connectivity index (χ1) is 14.2. The number of rotatable bonds is 6. The number of nitrogens with zero attached hydrogens (tertiary/aromatic N) is 3. The van der Waals surface area contributed by atoms with Crippen LogP contribution >= 0.6 is 0 Å². The van der Waals surface area contributed by atoms with Crippen LogP contribution in [0, 0.1) is 0 Å². The molecule has 29 heavy (non-hydrogen) atoms. The molecule has 0 bridgehead atoms. The molecule has 0 radical (unpaired) electrons. The van der Waals surface area contributed by atoms with Gasteiger partial charge in [0, 0.05) is 51.0 Å². The maximum atomic E-state index is 5.28. The molecule has 2 fully saturated rings. The molecule has 2 aliphatic heterocycles. The zero-order valence-electron chi connectivity index (χ0n) is 17.7. The molecule has 2 aromatic carbocycles. The third-order valence-electron chi connectivity index (χ3n) is 6.31. The number of hydrogen-bond donors (Lipinski definition) is 0. The molecule has 2 aromatic rings. The summed E-state index contributed by atoms with van der Waals surface area (Å²) in [5, 5.41) is 0. The second-order valence-electron chi connectivity index (χ2n) is 8.10. The lowest BCUT2D eigenvalue weighted by atomic mass is 10.0. The van der Waals surface area contributed by atoms with Crippen molar-refractivity contribution in [1.82, 2.24) is 9.80 Å². The first-order valence-corrected chi connectivity index (χ1v) is 10.7. The van der Waals surface area contributed by atoms with Crippen LogP contribution in [-0.2, 0) is 6.54 Å². The standard InChI is InChI=1S/C24H33N3O2/c1-28-23-9-5-20(6-10-23)18-25-13-3-4-22(19-25)27-16-14-26(15-17-27)21-7-11-24(29-2)12-8-21/h5-12,22H,3-4,13-19H2,1-2H3/t22-/m0/s1. The maximum Gasteiger partial charge on any atom is 0.119 e. The molecule has 0 aliphatic carbocycles. The highest BCUT2D eigenvalue weighted by Crippen LogP contribution is 2.24. The number of anilines is 1. The van der Waals surface area contributed by atoms with Gasteiger partial charge in [-0.25, -0.2) is 0 Å². The van der Waals surface area contributed by atoms with E-state index in [1.54, 1.807) is 14.2 Å². The zero-order valence-corrected chi connectivity index (χ0v) is 17.7. The highest BCUT2D eigenvalue weighted by Gasteiger charge is 2.28. The normalized spacial score (nSPS) is 21.2. The molecule has 4 rings (SSSR count). The number of benzene rings is 2. The van der Waals surface area contributed by atoms with Crippen molar-refractivity contribution in [3.8, 4) is 11.5 Å². The summed E-state index contributed by atoms with van der Waals surface area (Å²) in [7, 11) is 3.44. The molecule has 1 atom stereocenters. The largest absolute Gasteiger partial charge is 0.497 e. The second kappa shape index (κ2) is 9.51. The van der Waals surface area contributed by atoms with E-state index in [0.717, 1.165) is 44.2 Å². The van der Waals surface area contributed by atoms with E-state index in [-0.39, 0.29) is 0 Å². The second-order valence-corrected chi connectivity index (χ2v) is 8.10. The Hall–Kier alpha value is -2.24. The number of hydrogen-bond acceptors (Lipinski definition) is 5. The van der Waals surface area contributed by atoms with Crippen molar-refractivity contribution in [2.24, 2.45) is 0 Å². The maximum absolute atomic E-state index is 5.28. The molecule has 0 unspecified atom stereocenters. The van der Waals surface area contributed by atoms with Gasteiger partial charge < -0.3 is 14.4 Å². The predicted molar refractivity (Wildman–Crippen MR) is 118 cm³/mol. The zero-order chi connectivity index (χ0) is 20.1. The first kappa shape index (κ1) is 20.0. The molecule has 0 spiro atoms. The van der Waals surface area contributed by atoms with Crippen LogP contribution in [0.3, 0.4) is 0 Å². The van der Waals surface area contributed by atoms with Crippen LogP contribution in [0.15, 0.2) is 48.5 Å². The summed E-state index contributed by atoms with van der Waals surface area (Å²) in [5.74, 6) is 1.85. The van der Waals surface area contributed by atoms with E-state index < -0.39 is 0 Å². The number of methoxy groups -OCH3 is 2. The highest BCUT2D eigenvalue weighted by atomic mass is 16.5. The summed E-state index contributed by atoms with van der Waals surface area (Å²) in [6, 6.07) is 17.6. The van der Waals surface area contributed by atoms with Crippen molar-refractivity contribution in [2.75, 3.05) is 58.4 Å². The van der Waals surface area contributed by atoms with Crippen LogP contribution in [0.1, 0.15) is 18.4 Å². The molecule has 5 nitrogen and oxygen atoms in total. The number of ether oxygens (including phenoxy) is 2. The molecule has 0 amide bonds. The van der Waals surface area contributed by atoms with E-state index in [1.807, 2.05) is 0 Å². The van der Waals surface area contributed by atoms with Gasteiger partial charge in [0.05, 0.1) is 14.2 Å². The Kier molecular flexibility index (Phi) is 6.57. The van der Waals surface area contributed by atoms with E-state index >= 15 is 0 Å². The third kappa shape index (κ3) is 5.03. The van der Waals surface area contributed by atoms with E-state index in [2.05, 4.69) is 63.2 Å².